The van der Waals surface area contributed by atoms with Crippen LogP contribution in [0.25, 0.3) is 0 Å². The summed E-state index contributed by atoms with van der Waals surface area (Å²) >= 11 is 4.84. The quantitative estimate of drug-likeness (QED) is 0.596. The normalized spacial score (nSPS) is 13.7. The number of benzene rings is 1. The number of hydrogen-bond acceptors (Lipinski definition) is 4. The van der Waals surface area contributed by atoms with Crippen LogP contribution in [0.5, 0.6) is 0 Å². The summed E-state index contributed by atoms with van der Waals surface area (Å²) in [6.45, 7) is -0.280. The van der Waals surface area contributed by atoms with Gasteiger partial charge in [0, 0.05) is 15.0 Å². The van der Waals surface area contributed by atoms with Crippen molar-refractivity contribution >= 4 is 44.8 Å². The highest BCUT2D eigenvalue weighted by molar-refractivity contribution is 9.10. The van der Waals surface area contributed by atoms with Crippen molar-refractivity contribution in [2.75, 3.05) is 11.9 Å². The van der Waals surface area contributed by atoms with Crippen LogP contribution in [0.4, 0.5) is 5.69 Å². The van der Waals surface area contributed by atoms with Gasteiger partial charge in [0.05, 0.1) is 0 Å². The molecule has 0 radical (unpaired) electrons. The van der Waals surface area contributed by atoms with E-state index < -0.39 is 5.97 Å². The molecule has 0 atom stereocenters. The number of carbonyl (C=O) groups is 2. The molecule has 1 heterocycles. The second kappa shape index (κ2) is 7.94. The molecule has 0 unspecified atom stereocenters. The second-order valence-corrected chi connectivity index (χ2v) is 7.80. The second-order valence-electron chi connectivity index (χ2n) is 5.75. The zero-order chi connectivity index (χ0) is 16.9. The van der Waals surface area contributed by atoms with Crippen LogP contribution in [-0.2, 0) is 22.4 Å². The Morgan fingerprint density at radius 1 is 1.12 bits per heavy atom. The van der Waals surface area contributed by atoms with E-state index in [4.69, 9.17) is 4.74 Å². The van der Waals surface area contributed by atoms with Gasteiger partial charge < -0.3 is 10.1 Å². The molecule has 2 aromatic rings. The number of amides is 1. The molecule has 126 valence electrons. The molecule has 1 aromatic carbocycles. The summed E-state index contributed by atoms with van der Waals surface area (Å²) in [4.78, 5) is 25.9. The first-order valence-electron chi connectivity index (χ1n) is 7.96. The number of rotatable bonds is 4. The highest BCUT2D eigenvalue weighted by Gasteiger charge is 2.18. The lowest BCUT2D eigenvalue weighted by Crippen LogP contribution is -2.20. The number of esters is 1. The Labute approximate surface area is 153 Å². The van der Waals surface area contributed by atoms with Crippen LogP contribution < -0.4 is 5.32 Å². The smallest absolute Gasteiger partial charge is 0.348 e. The summed E-state index contributed by atoms with van der Waals surface area (Å²) in [5.41, 5.74) is 1.94. The molecule has 1 N–H and O–H groups in total. The Balaban J connectivity index is 1.53. The zero-order valence-corrected chi connectivity index (χ0v) is 15.5. The van der Waals surface area contributed by atoms with Crippen molar-refractivity contribution in [1.29, 1.82) is 0 Å². The van der Waals surface area contributed by atoms with Crippen LogP contribution in [0, 0.1) is 0 Å². The first kappa shape index (κ1) is 17.2. The summed E-state index contributed by atoms with van der Waals surface area (Å²) in [5, 5.41) is 2.70. The van der Waals surface area contributed by atoms with Gasteiger partial charge in [0.15, 0.2) is 6.61 Å². The van der Waals surface area contributed by atoms with E-state index in [0.29, 0.717) is 10.6 Å². The molecule has 0 saturated carbocycles. The molecule has 0 saturated heterocycles. The van der Waals surface area contributed by atoms with Crippen molar-refractivity contribution in [3.8, 4) is 0 Å². The van der Waals surface area contributed by atoms with Gasteiger partial charge in [-0.2, -0.15) is 0 Å². The number of thiophene rings is 1. The number of hydrogen-bond donors (Lipinski definition) is 1. The van der Waals surface area contributed by atoms with E-state index in [2.05, 4.69) is 21.2 Å². The first-order valence-corrected chi connectivity index (χ1v) is 9.57. The van der Waals surface area contributed by atoms with Crippen LogP contribution in [0.2, 0.25) is 0 Å². The minimum absolute atomic E-state index is 0.280. The molecule has 0 spiro atoms. The maximum Gasteiger partial charge on any atom is 0.348 e. The SMILES string of the molecule is O=C(COC(=O)c1cc2c(s1)CCCCC2)Nc1ccc(Br)cc1. The van der Waals surface area contributed by atoms with Crippen LogP contribution in [-0.4, -0.2) is 18.5 Å². The van der Waals surface area contributed by atoms with Gasteiger partial charge in [-0.1, -0.05) is 22.4 Å². The van der Waals surface area contributed by atoms with Crippen molar-refractivity contribution in [2.45, 2.75) is 32.1 Å². The minimum Gasteiger partial charge on any atom is -0.451 e. The van der Waals surface area contributed by atoms with Gasteiger partial charge >= 0.3 is 5.97 Å². The molecule has 1 aliphatic carbocycles. The third-order valence-corrected chi connectivity index (χ3v) is 5.66. The van der Waals surface area contributed by atoms with Crippen LogP contribution >= 0.6 is 27.3 Å². The number of halogens is 1. The number of nitrogens with one attached hydrogen (secondary N) is 1. The largest absolute Gasteiger partial charge is 0.451 e. The summed E-state index contributed by atoms with van der Waals surface area (Å²) in [5.74, 6) is -0.761. The Morgan fingerprint density at radius 2 is 1.88 bits per heavy atom. The summed E-state index contributed by atoms with van der Waals surface area (Å²) in [6.07, 6.45) is 5.67. The van der Waals surface area contributed by atoms with E-state index in [-0.39, 0.29) is 12.5 Å². The molecule has 1 aliphatic rings. The molecular weight excluding hydrogens is 390 g/mol. The van der Waals surface area contributed by atoms with E-state index in [1.54, 1.807) is 12.1 Å². The average molecular weight is 408 g/mol. The van der Waals surface area contributed by atoms with Crippen LogP contribution in [0.3, 0.4) is 0 Å². The molecule has 6 heteroatoms. The Hall–Kier alpha value is -1.66. The lowest BCUT2D eigenvalue weighted by atomic mass is 10.1. The lowest BCUT2D eigenvalue weighted by Gasteiger charge is -2.06. The third kappa shape index (κ3) is 4.45. The highest BCUT2D eigenvalue weighted by Crippen LogP contribution is 2.29. The maximum atomic E-state index is 12.2. The van der Waals surface area contributed by atoms with E-state index >= 15 is 0 Å². The molecule has 0 bridgehead atoms. The van der Waals surface area contributed by atoms with Gasteiger partial charge in [0.2, 0.25) is 0 Å². The molecule has 0 fully saturated rings. The fraction of sp³-hybridized carbons (Fsp3) is 0.333. The van der Waals surface area contributed by atoms with Gasteiger partial charge in [-0.25, -0.2) is 4.79 Å². The van der Waals surface area contributed by atoms with Gasteiger partial charge in [-0.05, 0) is 61.6 Å². The fourth-order valence-electron chi connectivity index (χ4n) is 2.70. The Kier molecular flexibility index (Phi) is 5.68. The predicted octanol–water partition coefficient (Wildman–Crippen LogP) is 4.58. The van der Waals surface area contributed by atoms with Crippen molar-refractivity contribution < 1.29 is 14.3 Å². The zero-order valence-electron chi connectivity index (χ0n) is 13.1. The Morgan fingerprint density at radius 3 is 2.67 bits per heavy atom. The van der Waals surface area contributed by atoms with Gasteiger partial charge in [-0.3, -0.25) is 4.79 Å². The number of fused-ring (bicyclic) bond motifs is 1. The van der Waals surface area contributed by atoms with Crippen molar-refractivity contribution in [2.24, 2.45) is 0 Å². The van der Waals surface area contributed by atoms with Gasteiger partial charge in [0.25, 0.3) is 5.91 Å². The molecular formula is C18H18BrNO3S. The number of carbonyl (C=O) groups excluding carboxylic acids is 2. The summed E-state index contributed by atoms with van der Waals surface area (Å²) in [6, 6.07) is 9.15. The van der Waals surface area contributed by atoms with Crippen molar-refractivity contribution in [3.05, 3.63) is 50.1 Å². The Bertz CT molecular complexity index is 716. The van der Waals surface area contributed by atoms with E-state index in [0.717, 1.165) is 17.3 Å². The molecule has 24 heavy (non-hydrogen) atoms. The van der Waals surface area contributed by atoms with Crippen molar-refractivity contribution in [3.63, 3.8) is 0 Å². The standard InChI is InChI=1S/C18H18BrNO3S/c19-13-6-8-14(9-7-13)20-17(21)11-23-18(22)16-10-12-4-2-1-3-5-15(12)24-16/h6-10H,1-5,11H2,(H,20,21). The van der Waals surface area contributed by atoms with Crippen LogP contribution in [0.15, 0.2) is 34.8 Å². The molecule has 1 aromatic heterocycles. The number of anilines is 1. The van der Waals surface area contributed by atoms with E-state index in [9.17, 15) is 9.59 Å². The topological polar surface area (TPSA) is 55.4 Å². The monoisotopic (exact) mass is 407 g/mol. The van der Waals surface area contributed by atoms with Gasteiger partial charge in [0.1, 0.15) is 4.88 Å². The van der Waals surface area contributed by atoms with Crippen LogP contribution in [0.1, 0.15) is 39.4 Å². The summed E-state index contributed by atoms with van der Waals surface area (Å²) < 4.78 is 6.08. The third-order valence-electron chi connectivity index (χ3n) is 3.91. The molecule has 0 aliphatic heterocycles. The van der Waals surface area contributed by atoms with Crippen molar-refractivity contribution in [1.82, 2.24) is 0 Å². The molecule has 1 amide bonds. The molecule has 3 rings (SSSR count). The maximum absolute atomic E-state index is 12.2. The highest BCUT2D eigenvalue weighted by atomic mass is 79.9. The molecule has 4 nitrogen and oxygen atoms in total. The minimum atomic E-state index is -0.418. The average Bonchev–Trinajstić information content (AvgIpc) is 2.86. The van der Waals surface area contributed by atoms with E-state index in [1.165, 1.54) is 41.0 Å². The number of ether oxygens (including phenoxy) is 1. The van der Waals surface area contributed by atoms with E-state index in [1.807, 2.05) is 18.2 Å². The fourth-order valence-corrected chi connectivity index (χ4v) is 4.11. The number of aryl methyl sites for hydroxylation is 2. The first-order chi connectivity index (χ1) is 11.6. The van der Waals surface area contributed by atoms with Gasteiger partial charge in [-0.15, -0.1) is 11.3 Å². The summed E-state index contributed by atoms with van der Waals surface area (Å²) in [7, 11) is 0. The predicted molar refractivity (Wildman–Crippen MR) is 98.6 cm³/mol. The lowest BCUT2D eigenvalue weighted by molar-refractivity contribution is -0.119.